The van der Waals surface area contributed by atoms with Crippen LogP contribution >= 0.6 is 11.8 Å². The molecule has 0 unspecified atom stereocenters. The van der Waals surface area contributed by atoms with Crippen LogP contribution in [-0.4, -0.2) is 36.5 Å². The second-order valence-electron chi connectivity index (χ2n) is 7.25. The summed E-state index contributed by atoms with van der Waals surface area (Å²) in [6, 6.07) is 27.8. The van der Waals surface area contributed by atoms with E-state index in [1.54, 1.807) is 6.07 Å². The first-order chi connectivity index (χ1) is 14.8. The van der Waals surface area contributed by atoms with Gasteiger partial charge in [-0.3, -0.25) is 4.79 Å². The molecule has 0 radical (unpaired) electrons. The first-order valence-corrected chi connectivity index (χ1v) is 10.9. The van der Waals surface area contributed by atoms with Crippen molar-refractivity contribution in [3.8, 4) is 6.07 Å². The van der Waals surface area contributed by atoms with Crippen LogP contribution in [0.1, 0.15) is 21.5 Å². The molecule has 1 aliphatic rings. The number of rotatable bonds is 5. The van der Waals surface area contributed by atoms with Crippen LogP contribution in [0.5, 0.6) is 0 Å². The molecule has 3 aromatic rings. The molecule has 5 heteroatoms. The summed E-state index contributed by atoms with van der Waals surface area (Å²) in [5, 5.41) is 12.8. The van der Waals surface area contributed by atoms with Gasteiger partial charge in [-0.2, -0.15) is 5.26 Å². The molecule has 150 valence electrons. The van der Waals surface area contributed by atoms with Crippen molar-refractivity contribution in [3.05, 3.63) is 95.6 Å². The van der Waals surface area contributed by atoms with Crippen LogP contribution < -0.4 is 5.32 Å². The van der Waals surface area contributed by atoms with Gasteiger partial charge < -0.3 is 10.2 Å². The third-order valence-corrected chi connectivity index (χ3v) is 6.42. The molecule has 1 fully saturated rings. The minimum absolute atomic E-state index is 0.0509. The Bertz CT molecular complexity index is 1060. The first-order valence-electron chi connectivity index (χ1n) is 10.1. The van der Waals surface area contributed by atoms with E-state index in [-0.39, 0.29) is 11.9 Å². The molecule has 0 bridgehead atoms. The Morgan fingerprint density at radius 1 is 1.00 bits per heavy atom. The van der Waals surface area contributed by atoms with Crippen LogP contribution in [0.15, 0.2) is 88.7 Å². The zero-order chi connectivity index (χ0) is 20.8. The van der Waals surface area contributed by atoms with Crippen LogP contribution in [0.3, 0.4) is 0 Å². The molecule has 1 atom stereocenters. The summed E-state index contributed by atoms with van der Waals surface area (Å²) in [6.07, 6.45) is 0.826. The Hall–Kier alpha value is -3.07. The highest BCUT2D eigenvalue weighted by Gasteiger charge is 2.29. The largest absolute Gasteiger partial charge is 0.333 e. The maximum absolute atomic E-state index is 13.6. The number of carbonyl (C=O) groups excluding carboxylic acids is 1. The zero-order valence-corrected chi connectivity index (χ0v) is 17.4. The van der Waals surface area contributed by atoms with E-state index in [2.05, 4.69) is 23.5 Å². The van der Waals surface area contributed by atoms with E-state index >= 15 is 0 Å². The molecule has 0 aromatic heterocycles. The molecular weight excluding hydrogens is 390 g/mol. The lowest BCUT2D eigenvalue weighted by Crippen LogP contribution is -2.54. The third kappa shape index (κ3) is 4.56. The molecule has 0 aliphatic carbocycles. The fourth-order valence-electron chi connectivity index (χ4n) is 3.75. The molecule has 4 nitrogen and oxygen atoms in total. The number of nitrogens with one attached hydrogen (secondary N) is 1. The van der Waals surface area contributed by atoms with Gasteiger partial charge >= 0.3 is 0 Å². The van der Waals surface area contributed by atoms with Crippen LogP contribution in [0.2, 0.25) is 0 Å². The quantitative estimate of drug-likeness (QED) is 0.675. The van der Waals surface area contributed by atoms with Gasteiger partial charge in [-0.15, -0.1) is 0 Å². The van der Waals surface area contributed by atoms with E-state index in [1.165, 1.54) is 17.3 Å². The SMILES string of the molecule is N#Cc1ccccc1Sc1ccccc1C(=O)N1CCNC[C@H]1Cc1ccccc1. The van der Waals surface area contributed by atoms with Gasteiger partial charge in [0.25, 0.3) is 5.91 Å². The standard InChI is InChI=1S/C25H23N3OS/c26-17-20-10-4-6-12-23(20)30-24-13-7-5-11-22(24)25(29)28-15-14-27-18-21(28)16-19-8-2-1-3-9-19/h1-13,21,27H,14-16,18H2/t21-/m1/s1. The molecule has 1 heterocycles. The summed E-state index contributed by atoms with van der Waals surface area (Å²) in [6.45, 7) is 2.26. The summed E-state index contributed by atoms with van der Waals surface area (Å²) in [7, 11) is 0. The fourth-order valence-corrected chi connectivity index (χ4v) is 4.77. The minimum Gasteiger partial charge on any atom is -0.333 e. The normalized spacial score (nSPS) is 16.1. The van der Waals surface area contributed by atoms with Crippen LogP contribution in [0.25, 0.3) is 0 Å². The number of benzene rings is 3. The Labute approximate surface area is 181 Å². The minimum atomic E-state index is 0.0509. The number of carbonyl (C=O) groups is 1. The predicted octanol–water partition coefficient (Wildman–Crippen LogP) is 4.37. The lowest BCUT2D eigenvalue weighted by Gasteiger charge is -2.37. The molecule has 1 amide bonds. The van der Waals surface area contributed by atoms with Gasteiger partial charge in [-0.05, 0) is 36.2 Å². The highest BCUT2D eigenvalue weighted by atomic mass is 32.2. The molecule has 4 rings (SSSR count). The second-order valence-corrected chi connectivity index (χ2v) is 8.34. The van der Waals surface area contributed by atoms with Crippen molar-refractivity contribution in [1.29, 1.82) is 5.26 Å². The average Bonchev–Trinajstić information content (AvgIpc) is 2.80. The molecular formula is C25H23N3OS. The van der Waals surface area contributed by atoms with Gasteiger partial charge in [0, 0.05) is 35.5 Å². The Kier molecular flexibility index (Phi) is 6.48. The molecule has 1 aliphatic heterocycles. The van der Waals surface area contributed by atoms with E-state index < -0.39 is 0 Å². The lowest BCUT2D eigenvalue weighted by molar-refractivity contribution is 0.0632. The molecule has 0 saturated carbocycles. The van der Waals surface area contributed by atoms with Gasteiger partial charge in [0.2, 0.25) is 0 Å². The maximum Gasteiger partial charge on any atom is 0.255 e. The van der Waals surface area contributed by atoms with Crippen molar-refractivity contribution in [2.45, 2.75) is 22.3 Å². The molecule has 0 spiro atoms. The van der Waals surface area contributed by atoms with Gasteiger partial charge in [0.05, 0.1) is 11.1 Å². The van der Waals surface area contributed by atoms with Crippen LogP contribution in [-0.2, 0) is 6.42 Å². The number of hydrogen-bond donors (Lipinski definition) is 1. The molecule has 3 aromatic carbocycles. The average molecular weight is 414 g/mol. The highest BCUT2D eigenvalue weighted by molar-refractivity contribution is 7.99. The van der Waals surface area contributed by atoms with Crippen LogP contribution in [0.4, 0.5) is 0 Å². The Balaban J connectivity index is 1.60. The summed E-state index contributed by atoms with van der Waals surface area (Å²) in [5.41, 5.74) is 2.54. The van der Waals surface area contributed by atoms with Gasteiger partial charge in [0.15, 0.2) is 0 Å². The summed E-state index contributed by atoms with van der Waals surface area (Å²) >= 11 is 1.48. The smallest absolute Gasteiger partial charge is 0.255 e. The van der Waals surface area contributed by atoms with E-state index in [4.69, 9.17) is 0 Å². The fraction of sp³-hybridized carbons (Fsp3) is 0.200. The topological polar surface area (TPSA) is 56.1 Å². The number of nitrogens with zero attached hydrogens (tertiary/aromatic N) is 2. The molecule has 1 N–H and O–H groups in total. The third-order valence-electron chi connectivity index (χ3n) is 5.27. The van der Waals surface area contributed by atoms with E-state index in [0.29, 0.717) is 17.7 Å². The first kappa shape index (κ1) is 20.2. The maximum atomic E-state index is 13.6. The highest BCUT2D eigenvalue weighted by Crippen LogP contribution is 2.33. The number of nitriles is 1. The van der Waals surface area contributed by atoms with Crippen molar-refractivity contribution in [2.75, 3.05) is 19.6 Å². The van der Waals surface area contributed by atoms with E-state index in [0.717, 1.165) is 29.3 Å². The number of piperazine rings is 1. The van der Waals surface area contributed by atoms with Crippen molar-refractivity contribution >= 4 is 17.7 Å². The van der Waals surface area contributed by atoms with Gasteiger partial charge in [0.1, 0.15) is 6.07 Å². The monoisotopic (exact) mass is 413 g/mol. The van der Waals surface area contributed by atoms with E-state index in [1.807, 2.05) is 65.6 Å². The zero-order valence-electron chi connectivity index (χ0n) is 16.6. The molecule has 30 heavy (non-hydrogen) atoms. The predicted molar refractivity (Wildman–Crippen MR) is 120 cm³/mol. The second kappa shape index (κ2) is 9.62. The van der Waals surface area contributed by atoms with Crippen molar-refractivity contribution in [1.82, 2.24) is 10.2 Å². The lowest BCUT2D eigenvalue weighted by atomic mass is 10.0. The Morgan fingerprint density at radius 3 is 2.50 bits per heavy atom. The summed E-state index contributed by atoms with van der Waals surface area (Å²) in [5.74, 6) is 0.0509. The molecule has 1 saturated heterocycles. The van der Waals surface area contributed by atoms with E-state index in [9.17, 15) is 10.1 Å². The number of hydrogen-bond acceptors (Lipinski definition) is 4. The van der Waals surface area contributed by atoms with Crippen molar-refractivity contribution in [3.63, 3.8) is 0 Å². The van der Waals surface area contributed by atoms with Gasteiger partial charge in [-0.25, -0.2) is 0 Å². The number of amides is 1. The van der Waals surface area contributed by atoms with Crippen molar-refractivity contribution in [2.24, 2.45) is 0 Å². The summed E-state index contributed by atoms with van der Waals surface area (Å²) < 4.78 is 0. The van der Waals surface area contributed by atoms with Gasteiger partial charge in [-0.1, -0.05) is 66.4 Å². The van der Waals surface area contributed by atoms with Crippen LogP contribution in [0, 0.1) is 11.3 Å². The summed E-state index contributed by atoms with van der Waals surface area (Å²) in [4.78, 5) is 17.3. The Morgan fingerprint density at radius 2 is 1.70 bits per heavy atom. The van der Waals surface area contributed by atoms with Crippen molar-refractivity contribution < 1.29 is 4.79 Å².